The fraction of sp³-hybridized carbons (Fsp3) is 1.00. The number of hydrogen-bond acceptors (Lipinski definition) is 2. The molecule has 2 heteroatoms. The van der Waals surface area contributed by atoms with Gasteiger partial charge in [-0.2, -0.15) is 0 Å². The molecule has 16 heavy (non-hydrogen) atoms. The summed E-state index contributed by atoms with van der Waals surface area (Å²) < 4.78 is 0. The van der Waals surface area contributed by atoms with Crippen LogP contribution in [0.2, 0.25) is 0 Å². The molecule has 3 atom stereocenters. The molecule has 0 radical (unpaired) electrons. The molecule has 3 unspecified atom stereocenters. The molecule has 1 heterocycles. The Morgan fingerprint density at radius 1 is 1.25 bits per heavy atom. The van der Waals surface area contributed by atoms with Crippen molar-refractivity contribution in [1.82, 2.24) is 4.90 Å². The van der Waals surface area contributed by atoms with E-state index in [-0.39, 0.29) is 0 Å². The summed E-state index contributed by atoms with van der Waals surface area (Å²) in [6, 6.07) is 0.729. The second-order valence-electron chi connectivity index (χ2n) is 6.11. The second-order valence-corrected chi connectivity index (χ2v) is 6.11. The normalized spacial score (nSPS) is 36.0. The van der Waals surface area contributed by atoms with Crippen LogP contribution in [-0.2, 0) is 0 Å². The summed E-state index contributed by atoms with van der Waals surface area (Å²) in [6.45, 7) is 9.24. The van der Waals surface area contributed by atoms with Gasteiger partial charge in [-0.3, -0.25) is 4.90 Å². The Bertz CT molecular complexity index is 231. The van der Waals surface area contributed by atoms with Crippen molar-refractivity contribution in [1.29, 1.82) is 0 Å². The highest BCUT2D eigenvalue weighted by Gasteiger charge is 2.49. The third-order valence-corrected chi connectivity index (χ3v) is 5.01. The van der Waals surface area contributed by atoms with E-state index in [4.69, 9.17) is 5.73 Å². The lowest BCUT2D eigenvalue weighted by Gasteiger charge is -2.50. The summed E-state index contributed by atoms with van der Waals surface area (Å²) in [6.07, 6.45) is 6.76. The molecule has 0 amide bonds. The fourth-order valence-corrected chi connectivity index (χ4v) is 3.84. The van der Waals surface area contributed by atoms with Crippen LogP contribution >= 0.6 is 0 Å². The lowest BCUT2D eigenvalue weighted by atomic mass is 9.82. The molecule has 0 bridgehead atoms. The highest BCUT2D eigenvalue weighted by Crippen LogP contribution is 2.46. The number of hydrogen-bond donors (Lipinski definition) is 1. The van der Waals surface area contributed by atoms with Crippen LogP contribution in [0.1, 0.15) is 52.9 Å². The molecule has 0 aromatic rings. The first kappa shape index (κ1) is 12.4. The van der Waals surface area contributed by atoms with E-state index < -0.39 is 0 Å². The van der Waals surface area contributed by atoms with Crippen LogP contribution in [0.5, 0.6) is 0 Å². The third kappa shape index (κ3) is 2.02. The molecule has 2 nitrogen and oxygen atoms in total. The van der Waals surface area contributed by atoms with E-state index in [0.29, 0.717) is 5.54 Å². The van der Waals surface area contributed by atoms with Crippen LogP contribution in [0.4, 0.5) is 0 Å². The standard InChI is InChI=1S/C14H28N2/c1-4-14(10-15,13-5-6-13)16-8-7-11(2)9-12(16)3/h11-13H,4-10,15H2,1-3H3. The fourth-order valence-electron chi connectivity index (χ4n) is 3.84. The second kappa shape index (κ2) is 4.66. The summed E-state index contributed by atoms with van der Waals surface area (Å²) in [7, 11) is 0. The van der Waals surface area contributed by atoms with E-state index in [2.05, 4.69) is 25.7 Å². The summed E-state index contributed by atoms with van der Waals surface area (Å²) in [5.74, 6) is 1.79. The summed E-state index contributed by atoms with van der Waals surface area (Å²) in [5, 5.41) is 0. The molecule has 2 fully saturated rings. The number of rotatable bonds is 4. The molecule has 0 aromatic heterocycles. The topological polar surface area (TPSA) is 29.3 Å². The molecule has 1 saturated heterocycles. The van der Waals surface area contributed by atoms with Crippen LogP contribution < -0.4 is 5.73 Å². The quantitative estimate of drug-likeness (QED) is 0.795. The molecule has 0 aromatic carbocycles. The molecule has 0 spiro atoms. The van der Waals surface area contributed by atoms with E-state index in [9.17, 15) is 0 Å². The van der Waals surface area contributed by atoms with Crippen LogP contribution in [0, 0.1) is 11.8 Å². The Morgan fingerprint density at radius 3 is 2.38 bits per heavy atom. The number of likely N-dealkylation sites (tertiary alicyclic amines) is 1. The van der Waals surface area contributed by atoms with Crippen molar-refractivity contribution in [2.45, 2.75) is 64.5 Å². The molecule has 2 N–H and O–H groups in total. The van der Waals surface area contributed by atoms with E-state index in [0.717, 1.165) is 24.4 Å². The van der Waals surface area contributed by atoms with E-state index >= 15 is 0 Å². The minimum Gasteiger partial charge on any atom is -0.329 e. The Morgan fingerprint density at radius 2 is 1.94 bits per heavy atom. The number of piperidine rings is 1. The van der Waals surface area contributed by atoms with Crippen molar-refractivity contribution >= 4 is 0 Å². The molecule has 1 aliphatic heterocycles. The molecule has 2 rings (SSSR count). The molecule has 1 saturated carbocycles. The van der Waals surface area contributed by atoms with Crippen molar-refractivity contribution in [2.24, 2.45) is 17.6 Å². The molecule has 94 valence electrons. The highest BCUT2D eigenvalue weighted by molar-refractivity contribution is 5.04. The average molecular weight is 224 g/mol. The van der Waals surface area contributed by atoms with Gasteiger partial charge in [0.1, 0.15) is 0 Å². The average Bonchev–Trinajstić information content (AvgIpc) is 3.07. The first-order chi connectivity index (χ1) is 7.64. The van der Waals surface area contributed by atoms with Gasteiger partial charge < -0.3 is 5.73 Å². The smallest absolute Gasteiger partial charge is 0.0360 e. The minimum atomic E-state index is 0.333. The Hall–Kier alpha value is -0.0800. The summed E-state index contributed by atoms with van der Waals surface area (Å²) in [4.78, 5) is 2.75. The van der Waals surface area contributed by atoms with Gasteiger partial charge in [0, 0.05) is 18.1 Å². The molecule has 1 aliphatic carbocycles. The van der Waals surface area contributed by atoms with E-state index in [1.807, 2.05) is 0 Å². The zero-order chi connectivity index (χ0) is 11.8. The van der Waals surface area contributed by atoms with Gasteiger partial charge in [0.15, 0.2) is 0 Å². The Balaban J connectivity index is 2.13. The predicted molar refractivity (Wildman–Crippen MR) is 69.4 cm³/mol. The van der Waals surface area contributed by atoms with E-state index in [1.54, 1.807) is 0 Å². The molecular weight excluding hydrogens is 196 g/mol. The van der Waals surface area contributed by atoms with Gasteiger partial charge in [-0.1, -0.05) is 13.8 Å². The lowest BCUT2D eigenvalue weighted by Crippen LogP contribution is -2.60. The van der Waals surface area contributed by atoms with Gasteiger partial charge in [-0.25, -0.2) is 0 Å². The number of nitrogens with two attached hydrogens (primary N) is 1. The van der Waals surface area contributed by atoms with Crippen LogP contribution in [0.25, 0.3) is 0 Å². The van der Waals surface area contributed by atoms with Gasteiger partial charge in [0.05, 0.1) is 0 Å². The van der Waals surface area contributed by atoms with Crippen LogP contribution in [0.3, 0.4) is 0 Å². The van der Waals surface area contributed by atoms with Crippen molar-refractivity contribution in [3.05, 3.63) is 0 Å². The molecule has 2 aliphatic rings. The van der Waals surface area contributed by atoms with Gasteiger partial charge in [0.25, 0.3) is 0 Å². The van der Waals surface area contributed by atoms with E-state index in [1.165, 1.54) is 38.6 Å². The van der Waals surface area contributed by atoms with Gasteiger partial charge >= 0.3 is 0 Å². The maximum absolute atomic E-state index is 6.15. The number of nitrogens with zero attached hydrogens (tertiary/aromatic N) is 1. The minimum absolute atomic E-state index is 0.333. The maximum Gasteiger partial charge on any atom is 0.0360 e. The zero-order valence-corrected chi connectivity index (χ0v) is 11.2. The van der Waals surface area contributed by atoms with Gasteiger partial charge in [-0.15, -0.1) is 0 Å². The maximum atomic E-state index is 6.15. The van der Waals surface area contributed by atoms with Crippen molar-refractivity contribution in [3.63, 3.8) is 0 Å². The van der Waals surface area contributed by atoms with Crippen LogP contribution in [-0.4, -0.2) is 29.6 Å². The summed E-state index contributed by atoms with van der Waals surface area (Å²) in [5.41, 5.74) is 6.48. The third-order valence-electron chi connectivity index (χ3n) is 5.01. The Labute approximate surface area is 101 Å². The largest absolute Gasteiger partial charge is 0.329 e. The van der Waals surface area contributed by atoms with Crippen molar-refractivity contribution < 1.29 is 0 Å². The zero-order valence-electron chi connectivity index (χ0n) is 11.2. The SMILES string of the molecule is CCC(CN)(C1CC1)N1CCC(C)CC1C. The Kier molecular flexibility index (Phi) is 3.60. The lowest BCUT2D eigenvalue weighted by molar-refractivity contribution is -0.00241. The molecular formula is C14H28N2. The van der Waals surface area contributed by atoms with Crippen LogP contribution in [0.15, 0.2) is 0 Å². The first-order valence-corrected chi connectivity index (χ1v) is 7.11. The first-order valence-electron chi connectivity index (χ1n) is 7.11. The monoisotopic (exact) mass is 224 g/mol. The van der Waals surface area contributed by atoms with Crippen molar-refractivity contribution in [3.8, 4) is 0 Å². The van der Waals surface area contributed by atoms with Crippen molar-refractivity contribution in [2.75, 3.05) is 13.1 Å². The van der Waals surface area contributed by atoms with Gasteiger partial charge in [0.2, 0.25) is 0 Å². The summed E-state index contributed by atoms with van der Waals surface area (Å²) >= 11 is 0. The predicted octanol–water partition coefficient (Wildman–Crippen LogP) is 2.62. The highest BCUT2D eigenvalue weighted by atomic mass is 15.2. The van der Waals surface area contributed by atoms with Gasteiger partial charge in [-0.05, 0) is 57.4 Å².